The number of hydrogen-bond acceptors (Lipinski definition) is 2. The van der Waals surface area contributed by atoms with E-state index >= 15 is 0 Å². The lowest BCUT2D eigenvalue weighted by Crippen LogP contribution is -2.25. The van der Waals surface area contributed by atoms with Crippen LogP contribution in [0.4, 0.5) is 0 Å². The summed E-state index contributed by atoms with van der Waals surface area (Å²) in [5.41, 5.74) is 10.4. The van der Waals surface area contributed by atoms with Crippen molar-refractivity contribution in [3.05, 3.63) is 89.6 Å². The molecule has 0 aliphatic heterocycles. The van der Waals surface area contributed by atoms with Gasteiger partial charge in [-0.05, 0) is 60.2 Å². The second-order valence-electron chi connectivity index (χ2n) is 12.3. The van der Waals surface area contributed by atoms with Crippen molar-refractivity contribution in [2.75, 3.05) is 0 Å². The molecule has 3 heteroatoms. The van der Waals surface area contributed by atoms with Gasteiger partial charge in [0.1, 0.15) is 5.69 Å². The van der Waals surface area contributed by atoms with Crippen LogP contribution >= 0.6 is 0 Å². The minimum Gasteiger partial charge on any atom is -0.220 e. The minimum atomic E-state index is 0.0877. The predicted octanol–water partition coefficient (Wildman–Crippen LogP) is 11.0. The van der Waals surface area contributed by atoms with Gasteiger partial charge in [-0.3, -0.25) is 0 Å². The maximum Gasteiger partial charge on any atom is 0.113 e. The van der Waals surface area contributed by atoms with Crippen molar-refractivity contribution < 1.29 is 0 Å². The van der Waals surface area contributed by atoms with E-state index in [0.717, 1.165) is 11.4 Å². The molecule has 0 amide bonds. The molecule has 0 radical (unpaired) electrons. The van der Waals surface area contributed by atoms with Gasteiger partial charge in [-0.25, -0.2) is 4.68 Å². The summed E-state index contributed by atoms with van der Waals surface area (Å²) in [5, 5.41) is 9.13. The number of unbranched alkanes of at least 4 members (excludes halogenated alkanes) is 10. The van der Waals surface area contributed by atoms with Crippen LogP contribution in [-0.2, 0) is 5.41 Å². The lowest BCUT2D eigenvalue weighted by Gasteiger charge is -2.33. The first kappa shape index (κ1) is 29.3. The SMILES string of the molecule is CCCCCCCCC1(CCCCCCCC)c2ccccc2-c2ccc(-c3cn(-c4ccc(C)cc4)nn3)cc21. The Balaban J connectivity index is 1.46. The molecule has 1 aliphatic rings. The molecule has 0 N–H and O–H groups in total. The number of benzene rings is 3. The van der Waals surface area contributed by atoms with Crippen molar-refractivity contribution in [1.29, 1.82) is 0 Å². The molecular formula is C38H49N3. The van der Waals surface area contributed by atoms with Crippen molar-refractivity contribution in [2.24, 2.45) is 0 Å². The van der Waals surface area contributed by atoms with Gasteiger partial charge in [-0.2, -0.15) is 0 Å². The Morgan fingerprint density at radius 2 is 1.24 bits per heavy atom. The third-order valence-corrected chi connectivity index (χ3v) is 9.27. The molecule has 0 bridgehead atoms. The van der Waals surface area contributed by atoms with Crippen LogP contribution in [0.3, 0.4) is 0 Å². The van der Waals surface area contributed by atoms with Crippen LogP contribution < -0.4 is 0 Å². The largest absolute Gasteiger partial charge is 0.220 e. The van der Waals surface area contributed by atoms with E-state index in [-0.39, 0.29) is 5.41 Å². The average molecular weight is 548 g/mol. The van der Waals surface area contributed by atoms with Crippen LogP contribution in [0.2, 0.25) is 0 Å². The Hall–Kier alpha value is -3.20. The molecule has 0 spiro atoms. The summed E-state index contributed by atoms with van der Waals surface area (Å²) in [6.45, 7) is 6.72. The highest BCUT2D eigenvalue weighted by molar-refractivity contribution is 5.83. The van der Waals surface area contributed by atoms with Gasteiger partial charge in [0.25, 0.3) is 0 Å². The summed E-state index contributed by atoms with van der Waals surface area (Å²) in [4.78, 5) is 0. The maximum atomic E-state index is 4.63. The second kappa shape index (κ2) is 14.1. The van der Waals surface area contributed by atoms with E-state index in [2.05, 4.69) is 104 Å². The summed E-state index contributed by atoms with van der Waals surface area (Å²) in [6.07, 6.45) is 20.6. The van der Waals surface area contributed by atoms with Crippen LogP contribution in [0.5, 0.6) is 0 Å². The van der Waals surface area contributed by atoms with E-state index in [4.69, 9.17) is 0 Å². The molecule has 1 aromatic heterocycles. The molecule has 216 valence electrons. The van der Waals surface area contributed by atoms with Gasteiger partial charge >= 0.3 is 0 Å². The van der Waals surface area contributed by atoms with E-state index in [9.17, 15) is 0 Å². The third-order valence-electron chi connectivity index (χ3n) is 9.27. The second-order valence-corrected chi connectivity index (χ2v) is 12.3. The molecule has 4 aromatic rings. The molecule has 1 aliphatic carbocycles. The van der Waals surface area contributed by atoms with E-state index in [0.29, 0.717) is 0 Å². The maximum absolute atomic E-state index is 4.63. The fourth-order valence-electron chi connectivity index (χ4n) is 6.91. The molecule has 0 saturated carbocycles. The van der Waals surface area contributed by atoms with E-state index in [1.807, 2.05) is 4.68 Å². The highest BCUT2D eigenvalue weighted by Crippen LogP contribution is 2.54. The Kier molecular flexibility index (Phi) is 10.1. The van der Waals surface area contributed by atoms with Gasteiger partial charge in [-0.1, -0.05) is 150 Å². The lowest BCUT2D eigenvalue weighted by molar-refractivity contribution is 0.398. The Labute approximate surface area is 248 Å². The van der Waals surface area contributed by atoms with Crippen molar-refractivity contribution in [1.82, 2.24) is 15.0 Å². The Morgan fingerprint density at radius 3 is 1.93 bits per heavy atom. The minimum absolute atomic E-state index is 0.0877. The zero-order chi connectivity index (χ0) is 28.5. The first-order valence-electron chi connectivity index (χ1n) is 16.4. The molecule has 5 rings (SSSR count). The molecule has 3 nitrogen and oxygen atoms in total. The van der Waals surface area contributed by atoms with Crippen LogP contribution in [0.15, 0.2) is 72.9 Å². The van der Waals surface area contributed by atoms with Gasteiger partial charge < -0.3 is 0 Å². The Bertz CT molecular complexity index is 1360. The number of rotatable bonds is 16. The van der Waals surface area contributed by atoms with Crippen molar-refractivity contribution in [2.45, 2.75) is 116 Å². The van der Waals surface area contributed by atoms with Gasteiger partial charge in [0, 0.05) is 11.0 Å². The number of aryl methyl sites for hydroxylation is 1. The number of nitrogens with zero attached hydrogens (tertiary/aromatic N) is 3. The standard InChI is InChI=1S/C38H49N3/c1-4-6-8-10-12-16-26-38(27-17-13-11-9-7-5-2)35-19-15-14-18-33(35)34-25-22-31(28-36(34)38)37-29-41(40-39-37)32-23-20-30(3)21-24-32/h14-15,18-25,28-29H,4-13,16-17,26-27H2,1-3H3. The van der Waals surface area contributed by atoms with Crippen LogP contribution in [0, 0.1) is 6.92 Å². The fraction of sp³-hybridized carbons (Fsp3) is 0.474. The monoisotopic (exact) mass is 547 g/mol. The van der Waals surface area contributed by atoms with Crippen molar-refractivity contribution in [3.63, 3.8) is 0 Å². The van der Waals surface area contributed by atoms with Crippen LogP contribution in [0.25, 0.3) is 28.1 Å². The van der Waals surface area contributed by atoms with Crippen LogP contribution in [0.1, 0.15) is 120 Å². The van der Waals surface area contributed by atoms with E-state index < -0.39 is 0 Å². The average Bonchev–Trinajstić information content (AvgIpc) is 3.59. The molecule has 0 unspecified atom stereocenters. The molecule has 1 heterocycles. The number of aromatic nitrogens is 3. The van der Waals surface area contributed by atoms with Gasteiger partial charge in [0.05, 0.1) is 11.9 Å². The quantitative estimate of drug-likeness (QED) is 0.131. The summed E-state index contributed by atoms with van der Waals surface area (Å²) >= 11 is 0. The van der Waals surface area contributed by atoms with E-state index in [1.165, 1.54) is 118 Å². The zero-order valence-electron chi connectivity index (χ0n) is 25.7. The molecule has 0 fully saturated rings. The smallest absolute Gasteiger partial charge is 0.113 e. The summed E-state index contributed by atoms with van der Waals surface area (Å²) in [7, 11) is 0. The van der Waals surface area contributed by atoms with Crippen molar-refractivity contribution in [3.8, 4) is 28.1 Å². The lowest BCUT2D eigenvalue weighted by atomic mass is 9.70. The van der Waals surface area contributed by atoms with Gasteiger partial charge in [0.15, 0.2) is 0 Å². The number of hydrogen-bond donors (Lipinski definition) is 0. The third kappa shape index (κ3) is 6.66. The zero-order valence-corrected chi connectivity index (χ0v) is 25.7. The van der Waals surface area contributed by atoms with Gasteiger partial charge in [-0.15, -0.1) is 5.10 Å². The van der Waals surface area contributed by atoms with Crippen molar-refractivity contribution >= 4 is 0 Å². The van der Waals surface area contributed by atoms with E-state index in [1.54, 1.807) is 5.56 Å². The molecule has 41 heavy (non-hydrogen) atoms. The molecule has 3 aromatic carbocycles. The van der Waals surface area contributed by atoms with Crippen LogP contribution in [-0.4, -0.2) is 15.0 Å². The highest BCUT2D eigenvalue weighted by Gasteiger charge is 2.42. The summed E-state index contributed by atoms with van der Waals surface area (Å²) in [5.74, 6) is 0. The molecular weight excluding hydrogens is 498 g/mol. The molecule has 0 atom stereocenters. The molecule has 0 saturated heterocycles. The summed E-state index contributed by atoms with van der Waals surface area (Å²) in [6, 6.07) is 24.8. The first-order valence-corrected chi connectivity index (χ1v) is 16.4. The van der Waals surface area contributed by atoms with Gasteiger partial charge in [0.2, 0.25) is 0 Å². The highest BCUT2D eigenvalue weighted by atomic mass is 15.4. The Morgan fingerprint density at radius 1 is 0.634 bits per heavy atom. The predicted molar refractivity (Wildman–Crippen MR) is 174 cm³/mol. The fourth-order valence-corrected chi connectivity index (χ4v) is 6.91. The number of fused-ring (bicyclic) bond motifs is 3. The normalized spacial score (nSPS) is 13.3. The topological polar surface area (TPSA) is 30.7 Å². The summed E-state index contributed by atoms with van der Waals surface area (Å²) < 4.78 is 1.90. The first-order chi connectivity index (χ1) is 20.2.